The maximum atomic E-state index is 13.1. The van der Waals surface area contributed by atoms with Crippen molar-refractivity contribution < 1.29 is 19.1 Å². The monoisotopic (exact) mass is 460 g/mol. The van der Waals surface area contributed by atoms with Crippen LogP contribution in [0.25, 0.3) is 0 Å². The van der Waals surface area contributed by atoms with Crippen molar-refractivity contribution in [1.82, 2.24) is 10.2 Å². The Morgan fingerprint density at radius 1 is 1.21 bits per heavy atom. The highest BCUT2D eigenvalue weighted by Crippen LogP contribution is 2.52. The molecule has 34 heavy (non-hydrogen) atoms. The van der Waals surface area contributed by atoms with Gasteiger partial charge in [0.25, 0.3) is 0 Å². The van der Waals surface area contributed by atoms with Crippen molar-refractivity contribution in [2.24, 2.45) is 5.41 Å². The molecular weight excluding hydrogens is 428 g/mol. The summed E-state index contributed by atoms with van der Waals surface area (Å²) in [7, 11) is 0. The second kappa shape index (κ2) is 9.16. The molecule has 3 heterocycles. The van der Waals surface area contributed by atoms with Gasteiger partial charge in [0.05, 0.1) is 6.61 Å². The van der Waals surface area contributed by atoms with E-state index in [2.05, 4.69) is 17.5 Å². The van der Waals surface area contributed by atoms with Crippen LogP contribution in [0.5, 0.6) is 17.2 Å². The zero-order valence-electron chi connectivity index (χ0n) is 19.9. The lowest BCUT2D eigenvalue weighted by atomic mass is 9.73. The maximum Gasteiger partial charge on any atom is 0.222 e. The lowest BCUT2D eigenvalue weighted by Gasteiger charge is -2.39. The first-order valence-electron chi connectivity index (χ1n) is 12.1. The molecule has 2 amide bonds. The Kier molecular flexibility index (Phi) is 6.07. The topological polar surface area (TPSA) is 67.9 Å². The van der Waals surface area contributed by atoms with E-state index in [0.29, 0.717) is 51.3 Å². The molecule has 0 radical (unpaired) electrons. The normalized spacial score (nSPS) is 23.2. The van der Waals surface area contributed by atoms with E-state index in [4.69, 9.17) is 9.47 Å². The van der Waals surface area contributed by atoms with E-state index in [0.717, 1.165) is 29.0 Å². The number of amides is 2. The van der Waals surface area contributed by atoms with Gasteiger partial charge in [-0.1, -0.05) is 35.9 Å². The van der Waals surface area contributed by atoms with Crippen LogP contribution in [0.2, 0.25) is 0 Å². The zero-order valence-corrected chi connectivity index (χ0v) is 19.9. The number of ether oxygens (including phenoxy) is 2. The summed E-state index contributed by atoms with van der Waals surface area (Å²) in [6.45, 7) is 6.22. The van der Waals surface area contributed by atoms with Crippen molar-refractivity contribution in [3.63, 3.8) is 0 Å². The standard InChI is InChI=1S/C28H32N2O4/c1-19(2)6-3-11-26(32)30-15-23-22-9-5-10-24-27(22)33-18-28(23,17-30)16-29-25(31)13-12-20-7-4-8-21(14-20)34-24/h4-10,14,23H,3,11-13,15-18H2,1-2H3,(H,29,31)/t23-,28+/m1/s1. The van der Waals surface area contributed by atoms with E-state index in [9.17, 15) is 9.59 Å². The van der Waals surface area contributed by atoms with Gasteiger partial charge in [0, 0.05) is 49.4 Å². The molecule has 2 atom stereocenters. The van der Waals surface area contributed by atoms with E-state index < -0.39 is 0 Å². The number of rotatable bonds is 3. The van der Waals surface area contributed by atoms with Crippen molar-refractivity contribution >= 4 is 11.8 Å². The molecular formula is C28H32N2O4. The van der Waals surface area contributed by atoms with Gasteiger partial charge in [0.1, 0.15) is 5.75 Å². The van der Waals surface area contributed by atoms with Crippen LogP contribution in [0, 0.1) is 5.41 Å². The number of hydrogen-bond acceptors (Lipinski definition) is 4. The van der Waals surface area contributed by atoms with Crippen molar-refractivity contribution in [3.05, 3.63) is 65.2 Å². The zero-order chi connectivity index (χ0) is 23.7. The molecule has 5 rings (SSSR count). The molecule has 6 heteroatoms. The van der Waals surface area contributed by atoms with Gasteiger partial charge in [-0.05, 0) is 50.5 Å². The smallest absolute Gasteiger partial charge is 0.222 e. The van der Waals surface area contributed by atoms with Gasteiger partial charge >= 0.3 is 0 Å². The molecule has 6 nitrogen and oxygen atoms in total. The number of nitrogens with zero attached hydrogens (tertiary/aromatic N) is 1. The van der Waals surface area contributed by atoms with Gasteiger partial charge in [0.2, 0.25) is 11.8 Å². The number of fused-ring (bicyclic) bond motifs is 4. The van der Waals surface area contributed by atoms with Gasteiger partial charge in [-0.2, -0.15) is 0 Å². The number of allylic oxidation sites excluding steroid dienone is 2. The summed E-state index contributed by atoms with van der Waals surface area (Å²) < 4.78 is 12.6. The van der Waals surface area contributed by atoms with Crippen LogP contribution in [0.1, 0.15) is 50.2 Å². The second-order valence-electron chi connectivity index (χ2n) is 10.00. The number of carbonyl (C=O) groups is 2. The predicted octanol–water partition coefficient (Wildman–Crippen LogP) is 4.59. The Bertz CT molecular complexity index is 1140. The molecule has 3 aliphatic rings. The summed E-state index contributed by atoms with van der Waals surface area (Å²) in [5, 5.41) is 3.16. The second-order valence-corrected chi connectivity index (χ2v) is 10.00. The maximum absolute atomic E-state index is 13.1. The Morgan fingerprint density at radius 2 is 2.06 bits per heavy atom. The van der Waals surface area contributed by atoms with Crippen molar-refractivity contribution in [3.8, 4) is 17.2 Å². The molecule has 2 aromatic carbocycles. The van der Waals surface area contributed by atoms with E-state index in [1.807, 2.05) is 55.1 Å². The van der Waals surface area contributed by atoms with E-state index in [1.54, 1.807) is 0 Å². The fraction of sp³-hybridized carbons (Fsp3) is 0.429. The molecule has 178 valence electrons. The van der Waals surface area contributed by atoms with Crippen LogP contribution in [0.4, 0.5) is 0 Å². The molecule has 2 aromatic rings. The highest BCUT2D eigenvalue weighted by atomic mass is 16.5. The van der Waals surface area contributed by atoms with Crippen molar-refractivity contribution in [1.29, 1.82) is 0 Å². The van der Waals surface area contributed by atoms with Crippen LogP contribution < -0.4 is 14.8 Å². The number of para-hydroxylation sites is 1. The van der Waals surface area contributed by atoms with Crippen molar-refractivity contribution in [2.75, 3.05) is 26.2 Å². The quantitative estimate of drug-likeness (QED) is 0.680. The first kappa shape index (κ1) is 22.5. The van der Waals surface area contributed by atoms with Crippen molar-refractivity contribution in [2.45, 2.75) is 45.4 Å². The van der Waals surface area contributed by atoms with Gasteiger partial charge in [-0.15, -0.1) is 0 Å². The third kappa shape index (κ3) is 4.41. The van der Waals surface area contributed by atoms with E-state index >= 15 is 0 Å². The van der Waals surface area contributed by atoms with Gasteiger partial charge < -0.3 is 19.7 Å². The Labute approximate surface area is 200 Å². The summed E-state index contributed by atoms with van der Waals surface area (Å²) in [6.07, 6.45) is 4.41. The minimum Gasteiger partial charge on any atom is -0.489 e. The molecule has 1 saturated heterocycles. The molecule has 4 bridgehead atoms. The molecule has 0 aliphatic carbocycles. The number of benzene rings is 2. The predicted molar refractivity (Wildman–Crippen MR) is 130 cm³/mol. The summed E-state index contributed by atoms with van der Waals surface area (Å²) >= 11 is 0. The number of carbonyl (C=O) groups excluding carboxylic acids is 2. The van der Waals surface area contributed by atoms with Crippen LogP contribution in [0.3, 0.4) is 0 Å². The Morgan fingerprint density at radius 3 is 2.91 bits per heavy atom. The first-order chi connectivity index (χ1) is 16.4. The molecule has 1 spiro atoms. The number of likely N-dealkylation sites (tertiary alicyclic amines) is 1. The average Bonchev–Trinajstić information content (AvgIpc) is 3.22. The summed E-state index contributed by atoms with van der Waals surface area (Å²) in [6, 6.07) is 13.9. The van der Waals surface area contributed by atoms with Crippen LogP contribution >= 0.6 is 0 Å². The fourth-order valence-electron chi connectivity index (χ4n) is 5.38. The van der Waals surface area contributed by atoms with Gasteiger partial charge in [-0.3, -0.25) is 9.59 Å². The largest absolute Gasteiger partial charge is 0.489 e. The number of hydrogen-bond donors (Lipinski definition) is 1. The van der Waals surface area contributed by atoms with Gasteiger partial charge in [-0.25, -0.2) is 0 Å². The Balaban J connectivity index is 1.49. The molecule has 0 aromatic heterocycles. The molecule has 1 N–H and O–H groups in total. The summed E-state index contributed by atoms with van der Waals surface area (Å²) in [5.74, 6) is 2.41. The highest BCUT2D eigenvalue weighted by Gasteiger charge is 2.52. The van der Waals surface area contributed by atoms with Crippen LogP contribution in [-0.4, -0.2) is 43.0 Å². The fourth-order valence-corrected chi connectivity index (χ4v) is 5.38. The van der Waals surface area contributed by atoms with E-state index in [-0.39, 0.29) is 23.1 Å². The highest BCUT2D eigenvalue weighted by molar-refractivity contribution is 5.78. The van der Waals surface area contributed by atoms with E-state index in [1.165, 1.54) is 5.57 Å². The number of aryl methyl sites for hydroxylation is 1. The molecule has 1 fully saturated rings. The SMILES string of the molecule is CC(C)=CCCC(=O)N1C[C@@H]2c3cccc4c3OC[C@]2(CNC(=O)CCc2cccc(c2)O4)C1. The van der Waals surface area contributed by atoms with Gasteiger partial charge in [0.15, 0.2) is 11.5 Å². The summed E-state index contributed by atoms with van der Waals surface area (Å²) in [4.78, 5) is 27.8. The van der Waals surface area contributed by atoms with Crippen LogP contribution in [0.15, 0.2) is 54.1 Å². The minimum atomic E-state index is -0.355. The molecule has 0 saturated carbocycles. The third-order valence-electron chi connectivity index (χ3n) is 7.20. The Hall–Kier alpha value is -3.28. The lowest BCUT2D eigenvalue weighted by Crippen LogP contribution is -2.48. The third-order valence-corrected chi connectivity index (χ3v) is 7.20. The lowest BCUT2D eigenvalue weighted by molar-refractivity contribution is -0.130. The minimum absolute atomic E-state index is 0.0180. The number of nitrogens with one attached hydrogen (secondary N) is 1. The molecule has 0 unspecified atom stereocenters. The average molecular weight is 461 g/mol. The molecule has 3 aliphatic heterocycles. The van der Waals surface area contributed by atoms with Crippen LogP contribution in [-0.2, 0) is 16.0 Å². The summed E-state index contributed by atoms with van der Waals surface area (Å²) in [5.41, 5.74) is 2.97. The first-order valence-corrected chi connectivity index (χ1v) is 12.1.